The summed E-state index contributed by atoms with van der Waals surface area (Å²) in [6.07, 6.45) is 0.553. The first-order valence-electron chi connectivity index (χ1n) is 6.89. The van der Waals surface area contributed by atoms with Crippen molar-refractivity contribution in [2.45, 2.75) is 46.1 Å². The molecule has 0 radical (unpaired) electrons. The largest absolute Gasteiger partial charge is 0.465 e. The zero-order chi connectivity index (χ0) is 15.6. The van der Waals surface area contributed by atoms with E-state index in [0.29, 0.717) is 13.0 Å². The van der Waals surface area contributed by atoms with Crippen molar-refractivity contribution in [2.75, 3.05) is 20.2 Å². The topological polar surface area (TPSA) is 75.7 Å². The number of nitrogens with zero attached hydrogens (tertiary/aromatic N) is 1. The van der Waals surface area contributed by atoms with Gasteiger partial charge in [-0.15, -0.1) is 0 Å². The molecular weight excluding hydrogens is 260 g/mol. The smallest absolute Gasteiger partial charge is 0.326 e. The molecule has 114 valence electrons. The van der Waals surface area contributed by atoms with Crippen molar-refractivity contribution in [3.8, 4) is 0 Å². The van der Waals surface area contributed by atoms with Crippen LogP contribution in [0.2, 0.25) is 0 Å². The first-order chi connectivity index (χ1) is 9.18. The molecule has 6 heteroatoms. The second-order valence-corrected chi connectivity index (χ2v) is 5.96. The molecule has 1 saturated heterocycles. The van der Waals surface area contributed by atoms with Crippen LogP contribution in [0.5, 0.6) is 0 Å². The second kappa shape index (κ2) is 5.91. The van der Waals surface area contributed by atoms with Gasteiger partial charge in [0.2, 0.25) is 11.8 Å². The van der Waals surface area contributed by atoms with E-state index in [2.05, 4.69) is 5.32 Å². The van der Waals surface area contributed by atoms with Crippen molar-refractivity contribution in [3.63, 3.8) is 0 Å². The highest BCUT2D eigenvalue weighted by Gasteiger charge is 2.45. The minimum Gasteiger partial charge on any atom is -0.465 e. The van der Waals surface area contributed by atoms with Crippen LogP contribution in [0.1, 0.15) is 40.5 Å². The molecule has 6 nitrogen and oxygen atoms in total. The molecule has 1 fully saturated rings. The van der Waals surface area contributed by atoms with Crippen LogP contribution in [0.15, 0.2) is 0 Å². The third kappa shape index (κ3) is 3.17. The molecule has 1 aliphatic rings. The average molecular weight is 284 g/mol. The number of nitrogens with one attached hydrogen (secondary N) is 1. The average Bonchev–Trinajstić information content (AvgIpc) is 2.56. The molecule has 2 amide bonds. The highest BCUT2D eigenvalue weighted by molar-refractivity contribution is 6.05. The lowest BCUT2D eigenvalue weighted by Crippen LogP contribution is -2.51. The number of hydrogen-bond acceptors (Lipinski definition) is 5. The Labute approximate surface area is 119 Å². The lowest BCUT2D eigenvalue weighted by atomic mass is 9.92. The molecule has 0 aromatic carbocycles. The predicted molar refractivity (Wildman–Crippen MR) is 73.8 cm³/mol. The Morgan fingerprint density at radius 2 is 2.05 bits per heavy atom. The van der Waals surface area contributed by atoms with Crippen molar-refractivity contribution < 1.29 is 19.1 Å². The second-order valence-electron chi connectivity index (χ2n) is 5.96. The molecule has 1 aliphatic heterocycles. The number of carbonyl (C=O) groups excluding carboxylic acids is 3. The zero-order valence-corrected chi connectivity index (χ0v) is 12.9. The summed E-state index contributed by atoms with van der Waals surface area (Å²) in [6, 6.07) is 0. The number of esters is 1. The van der Waals surface area contributed by atoms with E-state index >= 15 is 0 Å². The number of amides is 2. The quantitative estimate of drug-likeness (QED) is 0.574. The van der Waals surface area contributed by atoms with Gasteiger partial charge in [0, 0.05) is 13.0 Å². The van der Waals surface area contributed by atoms with Gasteiger partial charge in [-0.3, -0.25) is 19.3 Å². The van der Waals surface area contributed by atoms with E-state index < -0.39 is 11.0 Å². The van der Waals surface area contributed by atoms with Crippen molar-refractivity contribution >= 4 is 17.8 Å². The molecule has 0 aromatic heterocycles. The van der Waals surface area contributed by atoms with Gasteiger partial charge in [-0.05, 0) is 27.3 Å². The van der Waals surface area contributed by atoms with Gasteiger partial charge in [0.05, 0.1) is 12.0 Å². The van der Waals surface area contributed by atoms with Gasteiger partial charge in [-0.1, -0.05) is 13.8 Å². The summed E-state index contributed by atoms with van der Waals surface area (Å²) in [6.45, 7) is 7.48. The lowest BCUT2D eigenvalue weighted by Gasteiger charge is -2.28. The van der Waals surface area contributed by atoms with Gasteiger partial charge in [0.15, 0.2) is 0 Å². The van der Waals surface area contributed by atoms with Crippen LogP contribution in [0, 0.1) is 5.41 Å². The number of carbonyl (C=O) groups is 3. The summed E-state index contributed by atoms with van der Waals surface area (Å²) in [5.74, 6) is -0.729. The van der Waals surface area contributed by atoms with Crippen LogP contribution in [-0.4, -0.2) is 48.4 Å². The number of likely N-dealkylation sites (tertiary alicyclic amines) is 1. The Kier molecular flexibility index (Phi) is 4.91. The SMILES string of the molecule is CCOC(=O)C(C)(CCN1C(=O)CC(C)(C)C1=O)NC. The minimum atomic E-state index is -0.900. The zero-order valence-electron chi connectivity index (χ0n) is 12.9. The molecule has 1 atom stereocenters. The standard InChI is InChI=1S/C14H24N2O4/c1-6-20-12(19)14(4,15-5)7-8-16-10(17)9-13(2,3)11(16)18/h15H,6-9H2,1-5H3. The lowest BCUT2D eigenvalue weighted by molar-refractivity contribution is -0.152. The van der Waals surface area contributed by atoms with E-state index in [1.807, 2.05) is 0 Å². The minimum absolute atomic E-state index is 0.176. The van der Waals surface area contributed by atoms with Crippen molar-refractivity contribution in [1.29, 1.82) is 0 Å². The molecule has 1 unspecified atom stereocenters. The van der Waals surface area contributed by atoms with E-state index in [4.69, 9.17) is 4.74 Å². The molecule has 20 heavy (non-hydrogen) atoms. The third-order valence-corrected chi connectivity index (χ3v) is 3.83. The Morgan fingerprint density at radius 3 is 2.45 bits per heavy atom. The predicted octanol–water partition coefficient (Wildman–Crippen LogP) is 0.703. The van der Waals surface area contributed by atoms with E-state index in [1.165, 1.54) is 4.90 Å². The van der Waals surface area contributed by atoms with Gasteiger partial charge in [0.1, 0.15) is 5.54 Å². The highest BCUT2D eigenvalue weighted by Crippen LogP contribution is 2.32. The molecule has 1 heterocycles. The van der Waals surface area contributed by atoms with Gasteiger partial charge >= 0.3 is 5.97 Å². The summed E-state index contributed by atoms with van der Waals surface area (Å²) >= 11 is 0. The number of ether oxygens (including phenoxy) is 1. The fourth-order valence-corrected chi connectivity index (χ4v) is 2.21. The molecule has 0 spiro atoms. The summed E-state index contributed by atoms with van der Waals surface area (Å²) < 4.78 is 5.02. The van der Waals surface area contributed by atoms with Gasteiger partial charge < -0.3 is 10.1 Å². The summed E-state index contributed by atoms with van der Waals surface area (Å²) in [5.41, 5.74) is -1.54. The molecule has 0 aliphatic carbocycles. The number of likely N-dealkylation sites (N-methyl/N-ethyl adjacent to an activating group) is 1. The van der Waals surface area contributed by atoms with E-state index in [-0.39, 0.29) is 30.7 Å². The van der Waals surface area contributed by atoms with Gasteiger partial charge in [0.25, 0.3) is 0 Å². The van der Waals surface area contributed by atoms with Crippen LogP contribution in [0.25, 0.3) is 0 Å². The molecule has 1 N–H and O–H groups in total. The highest BCUT2D eigenvalue weighted by atomic mass is 16.5. The number of rotatable bonds is 6. The Balaban J connectivity index is 2.72. The van der Waals surface area contributed by atoms with Crippen molar-refractivity contribution in [1.82, 2.24) is 10.2 Å². The molecule has 0 bridgehead atoms. The van der Waals surface area contributed by atoms with E-state index in [1.54, 1.807) is 34.7 Å². The van der Waals surface area contributed by atoms with Crippen LogP contribution in [-0.2, 0) is 19.1 Å². The van der Waals surface area contributed by atoms with E-state index in [0.717, 1.165) is 0 Å². The first-order valence-corrected chi connectivity index (χ1v) is 6.89. The van der Waals surface area contributed by atoms with Crippen LogP contribution in [0.3, 0.4) is 0 Å². The van der Waals surface area contributed by atoms with Crippen molar-refractivity contribution in [2.24, 2.45) is 5.41 Å². The Hall–Kier alpha value is -1.43. The maximum atomic E-state index is 12.1. The van der Waals surface area contributed by atoms with Crippen molar-refractivity contribution in [3.05, 3.63) is 0 Å². The maximum absolute atomic E-state index is 12.1. The molecule has 1 rings (SSSR count). The van der Waals surface area contributed by atoms with Crippen LogP contribution in [0.4, 0.5) is 0 Å². The number of hydrogen-bond donors (Lipinski definition) is 1. The maximum Gasteiger partial charge on any atom is 0.326 e. The fraction of sp³-hybridized carbons (Fsp3) is 0.786. The molecule has 0 aromatic rings. The summed E-state index contributed by atoms with van der Waals surface area (Å²) in [5, 5.41) is 2.91. The first kappa shape index (κ1) is 16.6. The normalized spacial score (nSPS) is 20.9. The van der Waals surface area contributed by atoms with Gasteiger partial charge in [-0.2, -0.15) is 0 Å². The molecular formula is C14H24N2O4. The van der Waals surface area contributed by atoms with Crippen LogP contribution >= 0.6 is 0 Å². The molecule has 0 saturated carbocycles. The fourth-order valence-electron chi connectivity index (χ4n) is 2.21. The van der Waals surface area contributed by atoms with Crippen LogP contribution < -0.4 is 5.32 Å². The number of imide groups is 1. The third-order valence-electron chi connectivity index (χ3n) is 3.83. The monoisotopic (exact) mass is 284 g/mol. The summed E-state index contributed by atoms with van der Waals surface area (Å²) in [4.78, 5) is 37.1. The summed E-state index contributed by atoms with van der Waals surface area (Å²) in [7, 11) is 1.66. The van der Waals surface area contributed by atoms with Gasteiger partial charge in [-0.25, -0.2) is 0 Å². The Bertz CT molecular complexity index is 419. The van der Waals surface area contributed by atoms with E-state index in [9.17, 15) is 14.4 Å². The Morgan fingerprint density at radius 1 is 1.45 bits per heavy atom.